The molecule has 1 aromatic heterocycles. The van der Waals surface area contributed by atoms with Crippen molar-refractivity contribution < 1.29 is 28.5 Å². The molecule has 8 heteroatoms. The van der Waals surface area contributed by atoms with Gasteiger partial charge in [-0.15, -0.1) is 0 Å². The highest BCUT2D eigenvalue weighted by Gasteiger charge is 2.29. The SMILES string of the molecule is COc1ccc(/C=C2\CC(NC(=O)c3ccccn3)C/C(=C\c3ccc(OC)c(OC)c3)C2=O)cc1OC. The molecule has 0 aliphatic heterocycles. The Morgan fingerprint density at radius 2 is 1.32 bits per heavy atom. The van der Waals surface area contributed by atoms with E-state index in [9.17, 15) is 9.59 Å². The van der Waals surface area contributed by atoms with E-state index >= 15 is 0 Å². The Balaban J connectivity index is 1.70. The van der Waals surface area contributed by atoms with E-state index in [2.05, 4.69) is 10.3 Å². The number of aromatic nitrogens is 1. The fourth-order valence-electron chi connectivity index (χ4n) is 4.39. The number of ketones is 1. The topological polar surface area (TPSA) is 96.0 Å². The highest BCUT2D eigenvalue weighted by Crippen LogP contribution is 2.33. The summed E-state index contributed by atoms with van der Waals surface area (Å²) < 4.78 is 21.5. The molecule has 0 unspecified atom stereocenters. The van der Waals surface area contributed by atoms with Gasteiger partial charge >= 0.3 is 0 Å². The molecule has 196 valence electrons. The summed E-state index contributed by atoms with van der Waals surface area (Å²) in [5, 5.41) is 3.04. The fraction of sp³-hybridized carbons (Fsp3) is 0.233. The second-order valence-corrected chi connectivity index (χ2v) is 8.69. The minimum Gasteiger partial charge on any atom is -0.493 e. The zero-order valence-electron chi connectivity index (χ0n) is 21.8. The molecule has 0 atom stereocenters. The lowest BCUT2D eigenvalue weighted by molar-refractivity contribution is -0.113. The van der Waals surface area contributed by atoms with Crippen LogP contribution in [0.15, 0.2) is 71.9 Å². The number of amides is 1. The Kier molecular flexibility index (Phi) is 8.43. The largest absolute Gasteiger partial charge is 0.493 e. The minimum absolute atomic E-state index is 0.0853. The van der Waals surface area contributed by atoms with Gasteiger partial charge in [-0.05, 0) is 72.5 Å². The lowest BCUT2D eigenvalue weighted by Gasteiger charge is -2.27. The summed E-state index contributed by atoms with van der Waals surface area (Å²) in [5.41, 5.74) is 3.03. The van der Waals surface area contributed by atoms with Gasteiger partial charge in [0.1, 0.15) is 5.69 Å². The van der Waals surface area contributed by atoms with Crippen molar-refractivity contribution in [3.8, 4) is 23.0 Å². The highest BCUT2D eigenvalue weighted by molar-refractivity contribution is 6.14. The Morgan fingerprint density at radius 1 is 0.789 bits per heavy atom. The molecule has 0 radical (unpaired) electrons. The number of carbonyl (C=O) groups is 2. The van der Waals surface area contributed by atoms with Crippen LogP contribution in [-0.4, -0.2) is 51.2 Å². The van der Waals surface area contributed by atoms with Crippen LogP contribution >= 0.6 is 0 Å². The van der Waals surface area contributed by atoms with E-state index in [4.69, 9.17) is 18.9 Å². The first kappa shape index (κ1) is 26.5. The maximum absolute atomic E-state index is 13.6. The first-order chi connectivity index (χ1) is 18.4. The van der Waals surface area contributed by atoms with E-state index in [1.54, 1.807) is 65.0 Å². The molecular weight excluding hydrogens is 484 g/mol. The molecular formula is C30H30N2O6. The summed E-state index contributed by atoms with van der Waals surface area (Å²) in [4.78, 5) is 30.6. The number of nitrogens with one attached hydrogen (secondary N) is 1. The summed E-state index contributed by atoms with van der Waals surface area (Å²) in [6, 6.07) is 15.8. The summed E-state index contributed by atoms with van der Waals surface area (Å²) in [5.74, 6) is 1.94. The first-order valence-electron chi connectivity index (χ1n) is 12.1. The van der Waals surface area contributed by atoms with E-state index in [0.29, 0.717) is 52.7 Å². The van der Waals surface area contributed by atoms with Crippen LogP contribution in [0.5, 0.6) is 23.0 Å². The molecule has 1 N–H and O–H groups in total. The molecule has 1 aliphatic carbocycles. The Morgan fingerprint density at radius 3 is 1.76 bits per heavy atom. The molecule has 2 aromatic carbocycles. The van der Waals surface area contributed by atoms with Gasteiger partial charge in [0.2, 0.25) is 0 Å². The zero-order valence-corrected chi connectivity index (χ0v) is 21.8. The number of pyridine rings is 1. The summed E-state index contributed by atoms with van der Waals surface area (Å²) in [6.07, 6.45) is 5.96. The van der Waals surface area contributed by atoms with Crippen LogP contribution < -0.4 is 24.3 Å². The van der Waals surface area contributed by atoms with Crippen LogP contribution in [0, 0.1) is 0 Å². The third kappa shape index (κ3) is 6.03. The molecule has 1 fully saturated rings. The Labute approximate surface area is 221 Å². The smallest absolute Gasteiger partial charge is 0.270 e. The van der Waals surface area contributed by atoms with E-state index in [1.807, 2.05) is 36.4 Å². The Bertz CT molecular complexity index is 1300. The predicted molar refractivity (Wildman–Crippen MR) is 145 cm³/mol. The quantitative estimate of drug-likeness (QED) is 0.434. The molecule has 0 saturated heterocycles. The monoisotopic (exact) mass is 514 g/mol. The normalized spacial score (nSPS) is 17.3. The second-order valence-electron chi connectivity index (χ2n) is 8.69. The first-order valence-corrected chi connectivity index (χ1v) is 12.1. The molecule has 3 aromatic rings. The molecule has 0 bridgehead atoms. The molecule has 4 rings (SSSR count). The maximum atomic E-state index is 13.6. The van der Waals surface area contributed by atoms with Crippen molar-refractivity contribution in [3.63, 3.8) is 0 Å². The summed E-state index contributed by atoms with van der Waals surface area (Å²) in [7, 11) is 6.27. The number of methoxy groups -OCH3 is 4. The number of benzene rings is 2. The van der Waals surface area contributed by atoms with Crippen LogP contribution in [0.2, 0.25) is 0 Å². The van der Waals surface area contributed by atoms with Gasteiger partial charge < -0.3 is 24.3 Å². The van der Waals surface area contributed by atoms with Crippen LogP contribution in [0.4, 0.5) is 0 Å². The molecule has 8 nitrogen and oxygen atoms in total. The number of carbonyl (C=O) groups excluding carboxylic acids is 2. The van der Waals surface area contributed by atoms with Crippen molar-refractivity contribution >= 4 is 23.8 Å². The van der Waals surface area contributed by atoms with E-state index in [-0.39, 0.29) is 17.7 Å². The summed E-state index contributed by atoms with van der Waals surface area (Å²) >= 11 is 0. The van der Waals surface area contributed by atoms with Gasteiger partial charge in [-0.1, -0.05) is 18.2 Å². The average Bonchev–Trinajstić information content (AvgIpc) is 2.95. The lowest BCUT2D eigenvalue weighted by Crippen LogP contribution is -2.39. The lowest BCUT2D eigenvalue weighted by atomic mass is 9.83. The van der Waals surface area contributed by atoms with Gasteiger partial charge in [0.25, 0.3) is 5.91 Å². The molecule has 38 heavy (non-hydrogen) atoms. The number of nitrogens with zero attached hydrogens (tertiary/aromatic N) is 1. The molecule has 1 heterocycles. The maximum Gasteiger partial charge on any atom is 0.270 e. The van der Waals surface area contributed by atoms with Crippen molar-refractivity contribution in [1.82, 2.24) is 10.3 Å². The highest BCUT2D eigenvalue weighted by atomic mass is 16.5. The average molecular weight is 515 g/mol. The van der Waals surface area contributed by atoms with Crippen molar-refractivity contribution in [2.24, 2.45) is 0 Å². The third-order valence-corrected chi connectivity index (χ3v) is 6.25. The summed E-state index contributed by atoms with van der Waals surface area (Å²) in [6.45, 7) is 0. The standard InChI is InChI=1S/C30H30N2O6/c1-35-25-10-8-19(15-27(25)37-3)13-21-17-23(32-30(34)24-7-5-6-12-31-24)18-22(29(21)33)14-20-9-11-26(36-2)28(16-20)38-4/h5-16,23H,17-18H2,1-4H3,(H,32,34)/b21-13+,22-14+. The number of ether oxygens (including phenoxy) is 4. The van der Waals surface area contributed by atoms with Gasteiger partial charge in [0.05, 0.1) is 28.4 Å². The Hall–Kier alpha value is -4.59. The van der Waals surface area contributed by atoms with Gasteiger partial charge in [-0.3, -0.25) is 14.6 Å². The number of rotatable bonds is 8. The van der Waals surface area contributed by atoms with Crippen molar-refractivity contribution in [3.05, 3.63) is 88.8 Å². The van der Waals surface area contributed by atoms with Gasteiger partial charge in [0.15, 0.2) is 28.8 Å². The van der Waals surface area contributed by atoms with Crippen molar-refractivity contribution in [2.75, 3.05) is 28.4 Å². The van der Waals surface area contributed by atoms with Crippen LogP contribution in [-0.2, 0) is 4.79 Å². The molecule has 1 amide bonds. The van der Waals surface area contributed by atoms with E-state index < -0.39 is 0 Å². The number of Topliss-reactive ketones (excluding diaryl/α,β-unsaturated/α-hetero) is 1. The zero-order chi connectivity index (χ0) is 27.1. The molecule has 0 spiro atoms. The third-order valence-electron chi connectivity index (χ3n) is 6.25. The van der Waals surface area contributed by atoms with Crippen molar-refractivity contribution in [2.45, 2.75) is 18.9 Å². The van der Waals surface area contributed by atoms with Crippen LogP contribution in [0.3, 0.4) is 0 Å². The second kappa shape index (κ2) is 12.1. The number of hydrogen-bond donors (Lipinski definition) is 1. The molecule has 1 saturated carbocycles. The van der Waals surface area contributed by atoms with Gasteiger partial charge in [-0.25, -0.2) is 0 Å². The van der Waals surface area contributed by atoms with E-state index in [1.165, 1.54) is 0 Å². The molecule has 1 aliphatic rings. The number of hydrogen-bond acceptors (Lipinski definition) is 7. The van der Waals surface area contributed by atoms with Gasteiger partial charge in [0, 0.05) is 23.4 Å². The predicted octanol–water partition coefficient (Wildman–Crippen LogP) is 4.74. The van der Waals surface area contributed by atoms with Crippen LogP contribution in [0.1, 0.15) is 34.5 Å². The minimum atomic E-state index is -0.306. The van der Waals surface area contributed by atoms with E-state index in [0.717, 1.165) is 11.1 Å². The van der Waals surface area contributed by atoms with Crippen LogP contribution in [0.25, 0.3) is 12.2 Å². The fourth-order valence-corrected chi connectivity index (χ4v) is 4.39. The van der Waals surface area contributed by atoms with Gasteiger partial charge in [-0.2, -0.15) is 0 Å². The van der Waals surface area contributed by atoms with Crippen molar-refractivity contribution in [1.29, 1.82) is 0 Å².